The summed E-state index contributed by atoms with van der Waals surface area (Å²) in [5.74, 6) is -6.19. The summed E-state index contributed by atoms with van der Waals surface area (Å²) in [6.45, 7) is 17.4. The van der Waals surface area contributed by atoms with Crippen LogP contribution in [-0.2, 0) is 61.8 Å². The van der Waals surface area contributed by atoms with Gasteiger partial charge in [-0.25, -0.2) is 9.59 Å². The van der Waals surface area contributed by atoms with Gasteiger partial charge in [-0.1, -0.05) is 50.6 Å². The van der Waals surface area contributed by atoms with E-state index in [0.29, 0.717) is 31.1 Å². The molecule has 22 unspecified atom stereocenters. The van der Waals surface area contributed by atoms with Gasteiger partial charge in [0.05, 0.1) is 62.2 Å². The fourth-order valence-electron chi connectivity index (χ4n) is 14.0. The number of nitro groups is 1. The zero-order valence-corrected chi connectivity index (χ0v) is 45.2. The van der Waals surface area contributed by atoms with Gasteiger partial charge in [-0.05, 0) is 88.9 Å². The van der Waals surface area contributed by atoms with Gasteiger partial charge in [-0.3, -0.25) is 24.5 Å². The average Bonchev–Trinajstić information content (AvgIpc) is 3.75. The molecule has 22 atom stereocenters. The molecule has 76 heavy (non-hydrogen) atoms. The Morgan fingerprint density at radius 3 is 2.24 bits per heavy atom. The van der Waals surface area contributed by atoms with Crippen LogP contribution >= 0.6 is 0 Å². The Labute approximate surface area is 442 Å². The van der Waals surface area contributed by atoms with Crippen molar-refractivity contribution in [1.82, 2.24) is 5.32 Å². The summed E-state index contributed by atoms with van der Waals surface area (Å²) < 4.78 is 55.6. The first-order chi connectivity index (χ1) is 35.8. The second kappa shape index (κ2) is 22.1. The summed E-state index contributed by atoms with van der Waals surface area (Å²) in [4.78, 5) is 79.5. The van der Waals surface area contributed by atoms with Crippen LogP contribution in [0.2, 0.25) is 0 Å². The molecule has 4 N–H and O–H groups in total. The fraction of sp³-hybridized carbons (Fsp3) is 0.727. The number of carbonyl (C=O) groups is 5. The quantitative estimate of drug-likeness (QED) is 0.0396. The van der Waals surface area contributed by atoms with E-state index < -0.39 is 167 Å². The molecule has 8 aliphatic rings. The average molecular weight is 1070 g/mol. The molecular formula is C55H76N2O19. The van der Waals surface area contributed by atoms with E-state index >= 15 is 4.79 Å². The molecule has 1 saturated carbocycles. The molecule has 4 heterocycles. The SMILES string of the molecule is COC(=O)NC1C(C)OC(OC2CC=C(C)C3C=CC4C(OC5CC(OC6CCC(O)C(C)O6)C(OC(C)=O)C(C)O5)C(C)CC(C)C4C3(C)C(O)=C3C(=O)OC4(CC(C=O)=CC(O)C4C=C2C)C3=O)CC1(C)[N+](=O)[O-]. The van der Waals surface area contributed by atoms with Gasteiger partial charge in [0.1, 0.15) is 29.8 Å². The largest absolute Gasteiger partial charge is 0.511 e. The highest BCUT2D eigenvalue weighted by Crippen LogP contribution is 2.61. The van der Waals surface area contributed by atoms with Gasteiger partial charge >= 0.3 is 18.0 Å². The summed E-state index contributed by atoms with van der Waals surface area (Å²) in [5, 5.41) is 50.6. The number of aldehydes is 1. The number of aliphatic hydroxyl groups is 3. The Hall–Kier alpha value is -4.87. The minimum Gasteiger partial charge on any atom is -0.511 e. The molecule has 4 saturated heterocycles. The van der Waals surface area contributed by atoms with Crippen LogP contribution in [0.15, 0.2) is 58.4 Å². The number of alkyl carbamates (subject to hydrolysis) is 1. The van der Waals surface area contributed by atoms with Crippen LogP contribution in [0.1, 0.15) is 114 Å². The van der Waals surface area contributed by atoms with Gasteiger partial charge in [0, 0.05) is 55.3 Å². The van der Waals surface area contributed by atoms with Gasteiger partial charge < -0.3 is 63.3 Å². The Kier molecular flexibility index (Phi) is 16.7. The van der Waals surface area contributed by atoms with E-state index in [0.717, 1.165) is 12.7 Å². The number of aliphatic hydroxyl groups excluding tert-OH is 3. The van der Waals surface area contributed by atoms with E-state index in [2.05, 4.69) is 25.2 Å². The predicted molar refractivity (Wildman–Crippen MR) is 267 cm³/mol. The van der Waals surface area contributed by atoms with Crippen LogP contribution < -0.4 is 5.32 Å². The lowest BCUT2D eigenvalue weighted by Gasteiger charge is -2.56. The molecule has 0 radical (unpaired) electrons. The maximum atomic E-state index is 15.4. The monoisotopic (exact) mass is 1070 g/mol. The maximum absolute atomic E-state index is 15.4. The molecule has 420 valence electrons. The van der Waals surface area contributed by atoms with Crippen molar-refractivity contribution in [2.45, 2.75) is 205 Å². The molecule has 0 aromatic carbocycles. The maximum Gasteiger partial charge on any atom is 0.407 e. The number of hydrogen-bond donors (Lipinski definition) is 4. The molecule has 2 bridgehead atoms. The van der Waals surface area contributed by atoms with E-state index in [1.54, 1.807) is 33.8 Å². The normalized spacial score (nSPS) is 44.6. The lowest BCUT2D eigenvalue weighted by molar-refractivity contribution is -0.584. The Bertz CT molecular complexity index is 2450. The van der Waals surface area contributed by atoms with Gasteiger partial charge in [0.2, 0.25) is 11.3 Å². The van der Waals surface area contributed by atoms with E-state index in [1.807, 2.05) is 26.0 Å². The summed E-state index contributed by atoms with van der Waals surface area (Å²) in [5.41, 5.74) is -4.78. The van der Waals surface area contributed by atoms with E-state index in [4.69, 9.17) is 42.6 Å². The topological polar surface area (TPSA) is 284 Å². The van der Waals surface area contributed by atoms with Crippen molar-refractivity contribution < 1.29 is 86.8 Å². The number of carbonyl (C=O) groups excluding carboxylic acids is 5. The highest BCUT2D eigenvalue weighted by molar-refractivity contribution is 6.26. The first kappa shape index (κ1) is 57.3. The molecule has 4 aliphatic heterocycles. The van der Waals surface area contributed by atoms with Gasteiger partial charge in [-0.2, -0.15) is 0 Å². The summed E-state index contributed by atoms with van der Waals surface area (Å²) in [7, 11) is 1.15. The van der Waals surface area contributed by atoms with Crippen molar-refractivity contribution in [3.05, 3.63) is 68.5 Å². The number of methoxy groups -OCH3 is 1. The van der Waals surface area contributed by atoms with Gasteiger partial charge in [0.25, 0.3) is 0 Å². The van der Waals surface area contributed by atoms with Crippen LogP contribution in [0.25, 0.3) is 0 Å². The van der Waals surface area contributed by atoms with Crippen molar-refractivity contribution in [1.29, 1.82) is 0 Å². The minimum absolute atomic E-state index is 0.00965. The summed E-state index contributed by atoms with van der Waals surface area (Å²) >= 11 is 0. The number of esters is 2. The number of ether oxygens (including phenoxy) is 9. The van der Waals surface area contributed by atoms with E-state index in [-0.39, 0.29) is 36.7 Å². The molecule has 5 fully saturated rings. The van der Waals surface area contributed by atoms with Crippen molar-refractivity contribution in [3.8, 4) is 0 Å². The molecule has 1 spiro atoms. The number of allylic oxidation sites excluding steroid dienone is 3. The smallest absolute Gasteiger partial charge is 0.407 e. The van der Waals surface area contributed by atoms with Crippen LogP contribution in [0.3, 0.4) is 0 Å². The second-order valence-electron chi connectivity index (χ2n) is 23.0. The van der Waals surface area contributed by atoms with Crippen LogP contribution in [-0.4, -0.2) is 148 Å². The number of nitrogens with zero attached hydrogens (tertiary/aromatic N) is 1. The van der Waals surface area contributed by atoms with E-state index in [9.17, 15) is 44.6 Å². The van der Waals surface area contributed by atoms with Gasteiger partial charge in [0.15, 0.2) is 30.6 Å². The molecule has 0 aromatic heterocycles. The Balaban J connectivity index is 1.19. The number of ketones is 1. The predicted octanol–water partition coefficient (Wildman–Crippen LogP) is 5.57. The Morgan fingerprint density at radius 1 is 0.882 bits per heavy atom. The second-order valence-corrected chi connectivity index (χ2v) is 23.0. The van der Waals surface area contributed by atoms with Gasteiger partial charge in [-0.15, -0.1) is 0 Å². The number of nitrogens with one attached hydrogen (secondary N) is 1. The van der Waals surface area contributed by atoms with Crippen molar-refractivity contribution in [3.63, 3.8) is 0 Å². The number of hydrogen-bond acceptors (Lipinski definition) is 19. The number of Topliss-reactive ketones (excluding diaryl/α,β-unsaturated/α-hetero) is 1. The first-order valence-corrected chi connectivity index (χ1v) is 26.6. The first-order valence-electron chi connectivity index (χ1n) is 26.6. The zero-order chi connectivity index (χ0) is 55.5. The fourth-order valence-corrected chi connectivity index (χ4v) is 14.0. The standard InChI is InChI=1S/C55H76N2O19/c1-25-12-16-39(73-43-23-53(9,57(66)67)48(31(7)71-43)56-52(65)68-11)26(2)19-36-38(61)20-33(24-58)22-55(36)50(63)44(51(64)76-55)49(62)54(10)35(25)14-13-34-45(54)27(3)18-28(4)46(34)75-42-21-40(47(30(6)70-42)72-32(8)59)74-41-17-15-37(60)29(5)69-41/h12-14,19-20,24,27-31,34-43,45-48,60-62H,15-18,21-23H2,1-11H3,(H,56,65). The van der Waals surface area contributed by atoms with E-state index in [1.165, 1.54) is 19.9 Å². The zero-order valence-electron chi connectivity index (χ0n) is 45.2. The lowest BCUT2D eigenvalue weighted by Crippen LogP contribution is -2.65. The minimum atomic E-state index is -2.17. The molecule has 0 aromatic rings. The molecule has 21 heteroatoms. The molecule has 8 rings (SSSR count). The van der Waals surface area contributed by atoms with Crippen LogP contribution in [0.4, 0.5) is 4.79 Å². The molecule has 1 amide bonds. The highest BCUT2D eigenvalue weighted by atomic mass is 16.7. The highest BCUT2D eigenvalue weighted by Gasteiger charge is 2.65. The van der Waals surface area contributed by atoms with Crippen molar-refractivity contribution >= 4 is 30.1 Å². The Morgan fingerprint density at radius 2 is 1.58 bits per heavy atom. The number of fused-ring (bicyclic) bond motifs is 4. The van der Waals surface area contributed by atoms with Crippen molar-refractivity contribution in [2.75, 3.05) is 7.11 Å². The number of rotatable bonds is 10. The third-order valence-electron chi connectivity index (χ3n) is 17.9. The third-order valence-corrected chi connectivity index (χ3v) is 17.9. The number of amides is 1. The molecule has 4 aliphatic carbocycles. The third kappa shape index (κ3) is 10.5. The summed E-state index contributed by atoms with van der Waals surface area (Å²) in [6.07, 6.45) is -0.569. The summed E-state index contributed by atoms with van der Waals surface area (Å²) in [6, 6.07) is -1.11. The molecule has 21 nitrogen and oxygen atoms in total. The van der Waals surface area contributed by atoms with Crippen LogP contribution in [0, 0.1) is 51.0 Å². The van der Waals surface area contributed by atoms with Crippen molar-refractivity contribution in [2.24, 2.45) is 40.9 Å². The molecular weight excluding hydrogens is 993 g/mol. The van der Waals surface area contributed by atoms with Crippen LogP contribution in [0.5, 0.6) is 0 Å². The lowest BCUT2D eigenvalue weighted by atomic mass is 9.49.